The number of aromatic nitrogens is 1. The van der Waals surface area contributed by atoms with Crippen LogP contribution in [0.4, 0.5) is 4.39 Å². The van der Waals surface area contributed by atoms with Gasteiger partial charge in [-0.25, -0.2) is 9.37 Å². The summed E-state index contributed by atoms with van der Waals surface area (Å²) in [7, 11) is 0. The standard InChI is InChI=1S/C22H16FN3O4S/c23-17-9-5-4-8-16(17)22-24-12-19(31-22)21(28)26-25-20(27)18-11-10-15(30-18)13-29-14-6-2-1-3-7-14/h1-12H,13H2,(H,25,27)(H,26,28). The Balaban J connectivity index is 1.31. The van der Waals surface area contributed by atoms with Crippen LogP contribution in [0.15, 0.2) is 77.3 Å². The fraction of sp³-hybridized carbons (Fsp3) is 0.0455. The summed E-state index contributed by atoms with van der Waals surface area (Å²) in [6.07, 6.45) is 1.32. The molecule has 31 heavy (non-hydrogen) atoms. The lowest BCUT2D eigenvalue weighted by Gasteiger charge is -2.05. The second kappa shape index (κ2) is 9.23. The van der Waals surface area contributed by atoms with Gasteiger partial charge in [0.25, 0.3) is 5.91 Å². The minimum atomic E-state index is -0.627. The smallest absolute Gasteiger partial charge is 0.305 e. The fourth-order valence-electron chi connectivity index (χ4n) is 2.62. The first kappa shape index (κ1) is 20.3. The maximum atomic E-state index is 13.9. The molecule has 0 spiro atoms. The van der Waals surface area contributed by atoms with E-state index in [0.29, 0.717) is 22.1 Å². The highest BCUT2D eigenvalue weighted by Crippen LogP contribution is 2.27. The number of hydrogen-bond donors (Lipinski definition) is 2. The third-order valence-corrected chi connectivity index (χ3v) is 5.16. The van der Waals surface area contributed by atoms with Gasteiger partial charge in [-0.3, -0.25) is 20.4 Å². The molecule has 0 bridgehead atoms. The zero-order chi connectivity index (χ0) is 21.6. The van der Waals surface area contributed by atoms with Crippen LogP contribution in [0.25, 0.3) is 10.6 Å². The van der Waals surface area contributed by atoms with Crippen molar-refractivity contribution in [1.82, 2.24) is 15.8 Å². The van der Waals surface area contributed by atoms with Crippen molar-refractivity contribution in [3.63, 3.8) is 0 Å². The van der Waals surface area contributed by atoms with Crippen LogP contribution in [0, 0.1) is 5.82 Å². The van der Waals surface area contributed by atoms with Crippen LogP contribution in [0.2, 0.25) is 0 Å². The lowest BCUT2D eigenvalue weighted by atomic mass is 10.2. The van der Waals surface area contributed by atoms with Crippen LogP contribution in [0.1, 0.15) is 26.0 Å². The van der Waals surface area contributed by atoms with E-state index >= 15 is 0 Å². The minimum absolute atomic E-state index is 0.0170. The predicted octanol–water partition coefficient (Wildman–Crippen LogP) is 4.20. The Labute approximate surface area is 180 Å². The largest absolute Gasteiger partial charge is 0.486 e. The van der Waals surface area contributed by atoms with Crippen LogP contribution in [-0.4, -0.2) is 16.8 Å². The van der Waals surface area contributed by atoms with Gasteiger partial charge in [-0.2, -0.15) is 0 Å². The number of halogens is 1. The van der Waals surface area contributed by atoms with E-state index in [1.165, 1.54) is 18.3 Å². The molecule has 0 aliphatic carbocycles. The molecule has 0 radical (unpaired) electrons. The number of rotatable bonds is 6. The first-order valence-electron chi connectivity index (χ1n) is 9.18. The molecule has 9 heteroatoms. The number of carbonyl (C=O) groups excluding carboxylic acids is 2. The molecule has 7 nitrogen and oxygen atoms in total. The third-order valence-electron chi connectivity index (χ3n) is 4.13. The Kier molecular flexibility index (Phi) is 6.04. The van der Waals surface area contributed by atoms with Crippen LogP contribution in [-0.2, 0) is 6.61 Å². The summed E-state index contributed by atoms with van der Waals surface area (Å²) in [5, 5.41) is 0.365. The van der Waals surface area contributed by atoms with E-state index in [0.717, 1.165) is 11.3 Å². The number of carbonyl (C=O) groups is 2. The van der Waals surface area contributed by atoms with Crippen LogP contribution < -0.4 is 15.6 Å². The monoisotopic (exact) mass is 437 g/mol. The second-order valence-electron chi connectivity index (χ2n) is 6.29. The molecule has 2 heterocycles. The maximum Gasteiger partial charge on any atom is 0.305 e. The van der Waals surface area contributed by atoms with Gasteiger partial charge >= 0.3 is 5.91 Å². The van der Waals surface area contributed by atoms with E-state index < -0.39 is 17.6 Å². The summed E-state index contributed by atoms with van der Waals surface area (Å²) < 4.78 is 24.9. The highest BCUT2D eigenvalue weighted by molar-refractivity contribution is 7.16. The molecule has 0 unspecified atom stereocenters. The molecule has 2 aromatic carbocycles. The number of hydrogen-bond acceptors (Lipinski definition) is 6. The van der Waals surface area contributed by atoms with Crippen molar-refractivity contribution in [3.05, 3.63) is 95.1 Å². The van der Waals surface area contributed by atoms with Crippen molar-refractivity contribution in [2.45, 2.75) is 6.61 Å². The Morgan fingerprint density at radius 3 is 2.52 bits per heavy atom. The second-order valence-corrected chi connectivity index (χ2v) is 7.32. The third kappa shape index (κ3) is 4.96. The predicted molar refractivity (Wildman–Crippen MR) is 112 cm³/mol. The van der Waals surface area contributed by atoms with Crippen molar-refractivity contribution in [3.8, 4) is 16.3 Å². The molecule has 0 fully saturated rings. The molecule has 0 aliphatic rings. The Bertz CT molecular complexity index is 1210. The molecule has 0 saturated heterocycles. The van der Waals surface area contributed by atoms with Crippen molar-refractivity contribution in [2.24, 2.45) is 0 Å². The average molecular weight is 437 g/mol. The van der Waals surface area contributed by atoms with Crippen LogP contribution >= 0.6 is 11.3 Å². The number of amides is 2. The first-order valence-corrected chi connectivity index (χ1v) is 10.00. The normalized spacial score (nSPS) is 10.5. The highest BCUT2D eigenvalue weighted by atomic mass is 32.1. The highest BCUT2D eigenvalue weighted by Gasteiger charge is 2.16. The van der Waals surface area contributed by atoms with E-state index in [9.17, 15) is 14.0 Å². The minimum Gasteiger partial charge on any atom is -0.486 e. The number of thiazole rings is 1. The van der Waals surface area contributed by atoms with Crippen molar-refractivity contribution >= 4 is 23.2 Å². The molecular weight excluding hydrogens is 421 g/mol. The van der Waals surface area contributed by atoms with E-state index in [4.69, 9.17) is 9.15 Å². The van der Waals surface area contributed by atoms with Gasteiger partial charge in [0.05, 0.1) is 6.20 Å². The van der Waals surface area contributed by atoms with Crippen LogP contribution in [0.3, 0.4) is 0 Å². The lowest BCUT2D eigenvalue weighted by Crippen LogP contribution is -2.41. The summed E-state index contributed by atoms with van der Waals surface area (Å²) in [6.45, 7) is 0.156. The number of benzene rings is 2. The zero-order valence-electron chi connectivity index (χ0n) is 16.0. The SMILES string of the molecule is O=C(NNC(=O)c1cnc(-c2ccccc2F)s1)c1ccc(COc2ccccc2)o1. The van der Waals surface area contributed by atoms with Gasteiger partial charge in [-0.05, 0) is 36.4 Å². The quantitative estimate of drug-likeness (QED) is 0.441. The van der Waals surface area contributed by atoms with Crippen molar-refractivity contribution in [1.29, 1.82) is 0 Å². The Hall–Kier alpha value is -3.98. The van der Waals surface area contributed by atoms with E-state index in [-0.39, 0.29) is 17.2 Å². The van der Waals surface area contributed by atoms with E-state index in [2.05, 4.69) is 15.8 Å². The van der Waals surface area contributed by atoms with Gasteiger partial charge in [0, 0.05) is 5.56 Å². The van der Waals surface area contributed by atoms with E-state index in [1.807, 2.05) is 30.3 Å². The van der Waals surface area contributed by atoms with Gasteiger partial charge in [-0.1, -0.05) is 30.3 Å². The molecule has 156 valence electrons. The molecule has 0 aliphatic heterocycles. The number of para-hydroxylation sites is 1. The number of ether oxygens (including phenoxy) is 1. The molecule has 0 saturated carbocycles. The average Bonchev–Trinajstić information content (AvgIpc) is 3.47. The molecule has 4 rings (SSSR count). The molecule has 2 amide bonds. The first-order chi connectivity index (χ1) is 15.1. The number of hydrazine groups is 1. The molecule has 4 aromatic rings. The number of nitrogens with one attached hydrogen (secondary N) is 2. The maximum absolute atomic E-state index is 13.9. The van der Waals surface area contributed by atoms with Gasteiger partial charge in [-0.15, -0.1) is 11.3 Å². The summed E-state index contributed by atoms with van der Waals surface area (Å²) in [5.74, 6) is -0.482. The molecule has 2 N–H and O–H groups in total. The van der Waals surface area contributed by atoms with Crippen molar-refractivity contribution in [2.75, 3.05) is 0 Å². The van der Waals surface area contributed by atoms with Gasteiger partial charge in [0.2, 0.25) is 0 Å². The summed E-state index contributed by atoms with van der Waals surface area (Å²) in [6, 6.07) is 18.4. The van der Waals surface area contributed by atoms with Gasteiger partial charge in [0.1, 0.15) is 33.8 Å². The Morgan fingerprint density at radius 1 is 0.968 bits per heavy atom. The summed E-state index contributed by atoms with van der Waals surface area (Å²) in [4.78, 5) is 28.8. The topological polar surface area (TPSA) is 93.5 Å². The van der Waals surface area contributed by atoms with Gasteiger partial charge < -0.3 is 9.15 Å². The number of nitrogens with zero attached hydrogens (tertiary/aromatic N) is 1. The Morgan fingerprint density at radius 2 is 1.71 bits per heavy atom. The van der Waals surface area contributed by atoms with E-state index in [1.54, 1.807) is 24.3 Å². The van der Waals surface area contributed by atoms with Crippen LogP contribution in [0.5, 0.6) is 5.75 Å². The molecule has 0 atom stereocenters. The lowest BCUT2D eigenvalue weighted by molar-refractivity contribution is 0.0830. The summed E-state index contributed by atoms with van der Waals surface area (Å²) >= 11 is 1.01. The number of furan rings is 1. The molecule has 2 aromatic heterocycles. The fourth-order valence-corrected chi connectivity index (χ4v) is 3.46. The van der Waals surface area contributed by atoms with Gasteiger partial charge in [0.15, 0.2) is 5.76 Å². The van der Waals surface area contributed by atoms with Crippen molar-refractivity contribution < 1.29 is 23.1 Å². The zero-order valence-corrected chi connectivity index (χ0v) is 16.8. The summed E-state index contributed by atoms with van der Waals surface area (Å²) in [5.41, 5.74) is 4.87. The molecular formula is C22H16FN3O4S.